The van der Waals surface area contributed by atoms with E-state index in [2.05, 4.69) is 9.97 Å². The minimum absolute atomic E-state index is 0.0272. The van der Waals surface area contributed by atoms with Gasteiger partial charge in [0.25, 0.3) is 0 Å². The van der Waals surface area contributed by atoms with Crippen molar-refractivity contribution >= 4 is 21.7 Å². The number of fused-ring (bicyclic) bond motifs is 2. The van der Waals surface area contributed by atoms with Crippen molar-refractivity contribution in [1.29, 1.82) is 0 Å². The van der Waals surface area contributed by atoms with Crippen molar-refractivity contribution in [2.75, 3.05) is 0 Å². The van der Waals surface area contributed by atoms with Gasteiger partial charge in [-0.2, -0.15) is 0 Å². The first-order valence-corrected chi connectivity index (χ1v) is 4.71. The molecule has 1 N–H and O–H groups in total. The molecule has 72 valence electrons. The summed E-state index contributed by atoms with van der Waals surface area (Å²) in [6, 6.07) is 7.36. The summed E-state index contributed by atoms with van der Waals surface area (Å²) in [5.74, 6) is 0. The van der Waals surface area contributed by atoms with E-state index in [9.17, 15) is 4.79 Å². The standard InChI is InChI=1S/C12H8N2O/c15-12-9-2-1-5-14-11(9)4-3-8-6-13-7-10(8)12/h1-7,13H. The van der Waals surface area contributed by atoms with Gasteiger partial charge in [0, 0.05) is 34.7 Å². The molecule has 3 aromatic rings. The number of rotatable bonds is 0. The van der Waals surface area contributed by atoms with E-state index in [4.69, 9.17) is 0 Å². The second-order valence-corrected chi connectivity index (χ2v) is 3.42. The van der Waals surface area contributed by atoms with Gasteiger partial charge in [0.15, 0.2) is 5.43 Å². The predicted molar refractivity (Wildman–Crippen MR) is 59.9 cm³/mol. The van der Waals surface area contributed by atoms with E-state index in [1.165, 1.54) is 0 Å². The summed E-state index contributed by atoms with van der Waals surface area (Å²) in [5, 5.41) is 2.28. The average molecular weight is 196 g/mol. The van der Waals surface area contributed by atoms with Crippen LogP contribution in [-0.2, 0) is 0 Å². The first-order chi connectivity index (χ1) is 7.36. The highest BCUT2D eigenvalue weighted by molar-refractivity contribution is 5.91. The van der Waals surface area contributed by atoms with Gasteiger partial charge in [0.1, 0.15) is 0 Å². The second kappa shape index (κ2) is 2.92. The second-order valence-electron chi connectivity index (χ2n) is 3.42. The van der Waals surface area contributed by atoms with E-state index >= 15 is 0 Å². The summed E-state index contributed by atoms with van der Waals surface area (Å²) in [7, 11) is 0. The highest BCUT2D eigenvalue weighted by Gasteiger charge is 2.02. The number of nitrogens with one attached hydrogen (secondary N) is 1. The van der Waals surface area contributed by atoms with Crippen LogP contribution >= 0.6 is 0 Å². The third-order valence-electron chi connectivity index (χ3n) is 2.53. The van der Waals surface area contributed by atoms with E-state index in [0.717, 1.165) is 10.9 Å². The largest absolute Gasteiger partial charge is 0.366 e. The Balaban J connectivity index is 2.71. The van der Waals surface area contributed by atoms with E-state index < -0.39 is 0 Å². The lowest BCUT2D eigenvalue weighted by Crippen LogP contribution is -1.97. The molecule has 1 aromatic carbocycles. The van der Waals surface area contributed by atoms with Gasteiger partial charge in [-0.25, -0.2) is 0 Å². The maximum Gasteiger partial charge on any atom is 0.197 e. The Morgan fingerprint density at radius 3 is 2.93 bits per heavy atom. The first-order valence-electron chi connectivity index (χ1n) is 4.71. The molecule has 3 rings (SSSR count). The number of hydrogen-bond donors (Lipinski definition) is 1. The van der Waals surface area contributed by atoms with Crippen molar-refractivity contribution in [1.82, 2.24) is 9.97 Å². The summed E-state index contributed by atoms with van der Waals surface area (Å²) in [5.41, 5.74) is 0.762. The highest BCUT2D eigenvalue weighted by Crippen LogP contribution is 2.12. The fourth-order valence-corrected chi connectivity index (χ4v) is 1.77. The zero-order valence-electron chi connectivity index (χ0n) is 7.90. The third kappa shape index (κ3) is 1.13. The van der Waals surface area contributed by atoms with Crippen LogP contribution < -0.4 is 5.43 Å². The lowest BCUT2D eigenvalue weighted by molar-refractivity contribution is 1.41. The minimum atomic E-state index is 0.0272. The highest BCUT2D eigenvalue weighted by atomic mass is 16.1. The molecular weight excluding hydrogens is 188 g/mol. The van der Waals surface area contributed by atoms with Gasteiger partial charge in [0.05, 0.1) is 5.52 Å². The lowest BCUT2D eigenvalue weighted by atomic mass is 10.2. The lowest BCUT2D eigenvalue weighted by Gasteiger charge is -1.87. The Labute approximate surface area is 85.4 Å². The van der Waals surface area contributed by atoms with Gasteiger partial charge in [-0.3, -0.25) is 9.78 Å². The van der Waals surface area contributed by atoms with Gasteiger partial charge in [-0.15, -0.1) is 0 Å². The van der Waals surface area contributed by atoms with Gasteiger partial charge in [-0.05, 0) is 18.2 Å². The maximum atomic E-state index is 12.1. The van der Waals surface area contributed by atoms with Crippen LogP contribution in [0.1, 0.15) is 0 Å². The van der Waals surface area contributed by atoms with Crippen LogP contribution in [0.3, 0.4) is 0 Å². The van der Waals surface area contributed by atoms with Gasteiger partial charge in [-0.1, -0.05) is 6.07 Å². The predicted octanol–water partition coefficient (Wildman–Crippen LogP) is 2.08. The van der Waals surface area contributed by atoms with Crippen molar-refractivity contribution in [3.63, 3.8) is 0 Å². The van der Waals surface area contributed by atoms with Crippen LogP contribution in [-0.4, -0.2) is 9.97 Å². The van der Waals surface area contributed by atoms with Crippen molar-refractivity contribution in [3.8, 4) is 0 Å². The molecule has 2 aromatic heterocycles. The number of hydrogen-bond acceptors (Lipinski definition) is 2. The maximum absolute atomic E-state index is 12.1. The molecule has 0 bridgehead atoms. The van der Waals surface area contributed by atoms with Crippen LogP contribution in [0.15, 0.2) is 47.7 Å². The molecule has 0 spiro atoms. The molecule has 0 amide bonds. The zero-order chi connectivity index (χ0) is 10.3. The smallest absolute Gasteiger partial charge is 0.197 e. The van der Waals surface area contributed by atoms with Crippen molar-refractivity contribution in [2.24, 2.45) is 0 Å². The molecule has 15 heavy (non-hydrogen) atoms. The SMILES string of the molecule is O=c1c2c[nH]cc2ccc2ncccc12. The quantitative estimate of drug-likeness (QED) is 0.598. The summed E-state index contributed by atoms with van der Waals surface area (Å²) in [6.45, 7) is 0. The molecule has 0 aliphatic carbocycles. The molecule has 3 nitrogen and oxygen atoms in total. The molecule has 0 aliphatic heterocycles. The number of aromatic nitrogens is 2. The number of pyridine rings is 1. The Hall–Kier alpha value is -2.16. The Kier molecular flexibility index (Phi) is 1.59. The number of aromatic amines is 1. The molecule has 0 atom stereocenters. The Morgan fingerprint density at radius 1 is 1.07 bits per heavy atom. The molecule has 3 heteroatoms. The van der Waals surface area contributed by atoms with E-state index in [1.807, 2.05) is 18.3 Å². The zero-order valence-corrected chi connectivity index (χ0v) is 7.90. The monoisotopic (exact) mass is 196 g/mol. The topological polar surface area (TPSA) is 45.8 Å². The van der Waals surface area contributed by atoms with Crippen molar-refractivity contribution in [2.45, 2.75) is 0 Å². The summed E-state index contributed by atoms with van der Waals surface area (Å²) >= 11 is 0. The van der Waals surface area contributed by atoms with Gasteiger partial charge >= 0.3 is 0 Å². The Morgan fingerprint density at radius 2 is 2.00 bits per heavy atom. The molecule has 0 unspecified atom stereocenters. The molecule has 0 radical (unpaired) electrons. The number of H-pyrrole nitrogens is 1. The number of nitrogens with zero attached hydrogens (tertiary/aromatic N) is 1. The van der Waals surface area contributed by atoms with Gasteiger partial charge < -0.3 is 4.98 Å². The van der Waals surface area contributed by atoms with E-state index in [0.29, 0.717) is 10.8 Å². The average Bonchev–Trinajstić information content (AvgIpc) is 2.69. The molecule has 0 saturated carbocycles. The van der Waals surface area contributed by atoms with Crippen LogP contribution in [0.4, 0.5) is 0 Å². The van der Waals surface area contributed by atoms with Crippen molar-refractivity contribution in [3.05, 3.63) is 53.1 Å². The van der Waals surface area contributed by atoms with Crippen LogP contribution in [0.2, 0.25) is 0 Å². The van der Waals surface area contributed by atoms with Crippen LogP contribution in [0, 0.1) is 0 Å². The fraction of sp³-hybridized carbons (Fsp3) is 0. The normalized spacial score (nSPS) is 10.9. The summed E-state index contributed by atoms with van der Waals surface area (Å²) < 4.78 is 0. The minimum Gasteiger partial charge on any atom is -0.366 e. The fourth-order valence-electron chi connectivity index (χ4n) is 1.77. The Bertz CT molecular complexity index is 700. The molecular formula is C12H8N2O. The van der Waals surface area contributed by atoms with Crippen LogP contribution in [0.5, 0.6) is 0 Å². The van der Waals surface area contributed by atoms with Gasteiger partial charge in [0.2, 0.25) is 0 Å². The van der Waals surface area contributed by atoms with E-state index in [1.54, 1.807) is 24.5 Å². The molecule has 0 saturated heterocycles. The molecule has 0 fully saturated rings. The van der Waals surface area contributed by atoms with Crippen molar-refractivity contribution < 1.29 is 0 Å². The van der Waals surface area contributed by atoms with Crippen LogP contribution in [0.25, 0.3) is 21.7 Å². The molecule has 0 aliphatic rings. The molecule has 2 heterocycles. The third-order valence-corrected chi connectivity index (χ3v) is 2.53. The van der Waals surface area contributed by atoms with E-state index in [-0.39, 0.29) is 5.43 Å². The summed E-state index contributed by atoms with van der Waals surface area (Å²) in [4.78, 5) is 19.2. The first kappa shape index (κ1) is 8.17. The summed E-state index contributed by atoms with van der Waals surface area (Å²) in [6.07, 6.45) is 5.23.